The van der Waals surface area contributed by atoms with Gasteiger partial charge in [-0.1, -0.05) is 36.4 Å². The zero-order valence-electron chi connectivity index (χ0n) is 17.5. The molecule has 1 atom stereocenters. The summed E-state index contributed by atoms with van der Waals surface area (Å²) in [5, 5.41) is 9.64. The molecule has 0 aliphatic carbocycles. The van der Waals surface area contributed by atoms with Gasteiger partial charge in [-0.25, -0.2) is 4.98 Å². The van der Waals surface area contributed by atoms with Gasteiger partial charge in [0.05, 0.1) is 17.9 Å². The summed E-state index contributed by atoms with van der Waals surface area (Å²) in [5.74, 6) is -1.47. The first-order chi connectivity index (χ1) is 15.9. The zero-order chi connectivity index (χ0) is 25.1. The molecule has 1 unspecified atom stereocenters. The third-order valence-corrected chi connectivity index (χ3v) is 5.35. The Labute approximate surface area is 198 Å². The Balaban J connectivity index is 2.08. The van der Waals surface area contributed by atoms with Gasteiger partial charge in [0.25, 0.3) is 11.8 Å². The maximum absolute atomic E-state index is 14.3. The van der Waals surface area contributed by atoms with Gasteiger partial charge in [-0.05, 0) is 27.6 Å². The number of halogens is 7. The molecule has 0 aliphatic rings. The van der Waals surface area contributed by atoms with E-state index < -0.39 is 52.9 Å². The largest absolute Gasteiger partial charge is 0.426 e. The number of benzene rings is 1. The van der Waals surface area contributed by atoms with Crippen LogP contribution in [0.1, 0.15) is 23.4 Å². The summed E-state index contributed by atoms with van der Waals surface area (Å²) < 4.78 is 92.5. The van der Waals surface area contributed by atoms with Crippen LogP contribution >= 0.6 is 15.9 Å². The van der Waals surface area contributed by atoms with Crippen molar-refractivity contribution >= 4 is 21.6 Å². The lowest BCUT2D eigenvalue weighted by atomic mass is 9.98. The Morgan fingerprint density at radius 3 is 2.35 bits per heavy atom. The van der Waals surface area contributed by atoms with Gasteiger partial charge in [0, 0.05) is 13.5 Å². The molecule has 0 amide bonds. The van der Waals surface area contributed by atoms with Crippen LogP contribution in [0.5, 0.6) is 0 Å². The standard InChI is InChI=1S/C21H17BrF6N4O2/c1-3-9-19(21(26,27)28,33-11-12-7-5-4-6-8-12)18-32-31-17(34-18)15-14(29-2)10-13(16(22)30-15)20(23,24)25/h3-8,10,29H,1,9,11H2,2H3. The van der Waals surface area contributed by atoms with E-state index >= 15 is 0 Å². The molecule has 0 saturated heterocycles. The van der Waals surface area contributed by atoms with E-state index in [-0.39, 0.29) is 11.4 Å². The third kappa shape index (κ3) is 5.09. The number of rotatable bonds is 8. The molecule has 3 aromatic rings. The first-order valence-electron chi connectivity index (χ1n) is 9.58. The molecule has 1 N–H and O–H groups in total. The van der Waals surface area contributed by atoms with Crippen LogP contribution in [0, 0.1) is 0 Å². The molecule has 2 heterocycles. The number of ether oxygens (including phenoxy) is 1. The van der Waals surface area contributed by atoms with Crippen LogP contribution in [0.3, 0.4) is 0 Å². The second-order valence-corrected chi connectivity index (χ2v) is 7.73. The van der Waals surface area contributed by atoms with Crippen LogP contribution < -0.4 is 5.32 Å². The molecule has 0 spiro atoms. The highest BCUT2D eigenvalue weighted by atomic mass is 79.9. The Hall–Kier alpha value is -2.93. The van der Waals surface area contributed by atoms with Crippen molar-refractivity contribution in [2.45, 2.75) is 31.0 Å². The maximum atomic E-state index is 14.3. The van der Waals surface area contributed by atoms with Crippen molar-refractivity contribution in [3.8, 4) is 11.6 Å². The van der Waals surface area contributed by atoms with Crippen molar-refractivity contribution in [2.24, 2.45) is 0 Å². The van der Waals surface area contributed by atoms with Crippen LogP contribution in [0.25, 0.3) is 11.6 Å². The van der Waals surface area contributed by atoms with E-state index in [1.54, 1.807) is 30.3 Å². The molecule has 0 saturated carbocycles. The highest BCUT2D eigenvalue weighted by Crippen LogP contribution is 2.46. The van der Waals surface area contributed by atoms with Crippen molar-refractivity contribution < 1.29 is 35.5 Å². The minimum atomic E-state index is -5.00. The highest BCUT2D eigenvalue weighted by molar-refractivity contribution is 9.10. The van der Waals surface area contributed by atoms with Gasteiger partial charge in [0.2, 0.25) is 5.60 Å². The number of anilines is 1. The minimum Gasteiger partial charge on any atom is -0.416 e. The number of nitrogens with zero attached hydrogens (tertiary/aromatic N) is 3. The van der Waals surface area contributed by atoms with Gasteiger partial charge in [-0.15, -0.1) is 16.8 Å². The maximum Gasteiger partial charge on any atom is 0.426 e. The normalized spacial score (nSPS) is 14.0. The molecule has 13 heteroatoms. The van der Waals surface area contributed by atoms with E-state index in [0.29, 0.717) is 5.56 Å². The summed E-state index contributed by atoms with van der Waals surface area (Å²) in [5.41, 5.74) is -4.14. The molecule has 6 nitrogen and oxygen atoms in total. The lowest BCUT2D eigenvalue weighted by molar-refractivity contribution is -0.295. The van der Waals surface area contributed by atoms with Gasteiger partial charge in [-0.2, -0.15) is 26.3 Å². The van der Waals surface area contributed by atoms with Gasteiger partial charge in [0.15, 0.2) is 5.69 Å². The predicted octanol–water partition coefficient (Wildman–Crippen LogP) is 6.51. The van der Waals surface area contributed by atoms with Crippen molar-refractivity contribution in [3.05, 3.63) is 70.7 Å². The van der Waals surface area contributed by atoms with Crippen LogP contribution in [-0.2, 0) is 23.1 Å². The number of aromatic nitrogens is 3. The van der Waals surface area contributed by atoms with E-state index in [4.69, 9.17) is 9.15 Å². The Morgan fingerprint density at radius 1 is 1.12 bits per heavy atom. The number of hydrogen-bond acceptors (Lipinski definition) is 6. The van der Waals surface area contributed by atoms with Crippen LogP contribution in [0.4, 0.5) is 32.0 Å². The van der Waals surface area contributed by atoms with E-state index in [9.17, 15) is 26.3 Å². The summed E-state index contributed by atoms with van der Waals surface area (Å²) in [6.07, 6.45) is -9.49. The molecule has 1 aromatic carbocycles. The van der Waals surface area contributed by atoms with Gasteiger partial charge >= 0.3 is 12.4 Å². The average Bonchev–Trinajstić information content (AvgIpc) is 3.26. The average molecular weight is 551 g/mol. The summed E-state index contributed by atoms with van der Waals surface area (Å²) in [6.45, 7) is 2.94. The smallest absolute Gasteiger partial charge is 0.416 e. The fraction of sp³-hybridized carbons (Fsp3) is 0.286. The molecular weight excluding hydrogens is 534 g/mol. The Kier molecular flexibility index (Phi) is 7.36. The molecule has 0 fully saturated rings. The molecule has 3 rings (SSSR count). The van der Waals surface area contributed by atoms with Gasteiger partial charge < -0.3 is 14.5 Å². The summed E-state index contributed by atoms with van der Waals surface area (Å²) in [4.78, 5) is 3.77. The van der Waals surface area contributed by atoms with Crippen molar-refractivity contribution in [3.63, 3.8) is 0 Å². The topological polar surface area (TPSA) is 73.1 Å². The first kappa shape index (κ1) is 25.7. The zero-order valence-corrected chi connectivity index (χ0v) is 19.1. The Morgan fingerprint density at radius 2 is 1.79 bits per heavy atom. The van der Waals surface area contributed by atoms with Gasteiger partial charge in [0.1, 0.15) is 4.60 Å². The van der Waals surface area contributed by atoms with E-state index in [1.807, 2.05) is 0 Å². The highest BCUT2D eigenvalue weighted by Gasteiger charge is 2.60. The number of alkyl halides is 6. The van der Waals surface area contributed by atoms with Crippen LogP contribution in [-0.4, -0.2) is 28.4 Å². The molecule has 0 radical (unpaired) electrons. The molecule has 0 aliphatic heterocycles. The van der Waals surface area contributed by atoms with E-state index in [1.165, 1.54) is 7.05 Å². The number of hydrogen-bond donors (Lipinski definition) is 1. The molecule has 2 aromatic heterocycles. The van der Waals surface area contributed by atoms with Crippen molar-refractivity contribution in [2.75, 3.05) is 12.4 Å². The quantitative estimate of drug-likeness (QED) is 0.196. The fourth-order valence-corrected chi connectivity index (χ4v) is 3.55. The van der Waals surface area contributed by atoms with Crippen molar-refractivity contribution in [1.82, 2.24) is 15.2 Å². The molecule has 0 bridgehead atoms. The monoisotopic (exact) mass is 550 g/mol. The van der Waals surface area contributed by atoms with Crippen LogP contribution in [0.2, 0.25) is 0 Å². The first-order valence-corrected chi connectivity index (χ1v) is 10.4. The summed E-state index contributed by atoms with van der Waals surface area (Å²) in [7, 11) is 1.31. The van der Waals surface area contributed by atoms with E-state index in [0.717, 1.165) is 12.1 Å². The SMILES string of the molecule is C=CCC(OCc1ccccc1)(c1nnc(-c2nc(Br)c(C(F)(F)F)cc2NC)o1)C(F)(F)F. The summed E-state index contributed by atoms with van der Waals surface area (Å²) >= 11 is 2.73. The Bertz CT molecular complexity index is 1150. The second-order valence-electron chi connectivity index (χ2n) is 6.97. The summed E-state index contributed by atoms with van der Waals surface area (Å²) in [6, 6.07) is 8.86. The predicted molar refractivity (Wildman–Crippen MR) is 114 cm³/mol. The lowest BCUT2D eigenvalue weighted by Gasteiger charge is -2.31. The third-order valence-electron chi connectivity index (χ3n) is 4.74. The second kappa shape index (κ2) is 9.74. The molecule has 34 heavy (non-hydrogen) atoms. The molecular formula is C21H17BrF6N4O2. The molecule has 182 valence electrons. The minimum absolute atomic E-state index is 0.183. The van der Waals surface area contributed by atoms with Crippen LogP contribution in [0.15, 0.2) is 58.1 Å². The van der Waals surface area contributed by atoms with Crippen molar-refractivity contribution in [1.29, 1.82) is 0 Å². The van der Waals surface area contributed by atoms with E-state index in [2.05, 4.69) is 43.0 Å². The lowest BCUT2D eigenvalue weighted by Crippen LogP contribution is -2.45. The number of nitrogens with one attached hydrogen (secondary N) is 1. The number of pyridine rings is 1. The van der Waals surface area contributed by atoms with Gasteiger partial charge in [-0.3, -0.25) is 0 Å². The fourth-order valence-electron chi connectivity index (χ4n) is 3.04.